The highest BCUT2D eigenvalue weighted by Crippen LogP contribution is 2.47. The highest BCUT2D eigenvalue weighted by atomic mass is 79.9. The minimum absolute atomic E-state index is 0.0565. The number of hydrogen-bond acceptors (Lipinski definition) is 0. The van der Waals surface area contributed by atoms with Gasteiger partial charge in [0.2, 0.25) is 0 Å². The maximum absolute atomic E-state index is 6.31. The number of hydrogen-bond donors (Lipinski definition) is 0. The molecule has 1 aliphatic carbocycles. The third-order valence-electron chi connectivity index (χ3n) is 2.84. The number of alkyl halides is 4. The number of allylic oxidation sites excluding steroid dienone is 2. The van der Waals surface area contributed by atoms with Crippen LogP contribution >= 0.6 is 55.1 Å². The Kier molecular flexibility index (Phi) is 4.84. The Labute approximate surface area is 113 Å². The Morgan fingerprint density at radius 2 is 2.07 bits per heavy atom. The van der Waals surface area contributed by atoms with Gasteiger partial charge < -0.3 is 0 Å². The highest BCUT2D eigenvalue weighted by Gasteiger charge is 2.44. The first-order chi connectivity index (χ1) is 6.41. The van der Waals surface area contributed by atoms with Crippen LogP contribution < -0.4 is 0 Å². The minimum atomic E-state index is 0.0565. The molecule has 0 saturated heterocycles. The van der Waals surface area contributed by atoms with Gasteiger partial charge in [-0.3, -0.25) is 0 Å². The normalized spacial score (nSPS) is 40.1. The molecule has 0 N–H and O–H groups in total. The molecule has 0 radical (unpaired) electrons. The molecule has 1 rings (SSSR count). The van der Waals surface area contributed by atoms with E-state index < -0.39 is 0 Å². The van der Waals surface area contributed by atoms with Crippen LogP contribution in [-0.2, 0) is 0 Å². The fourth-order valence-electron chi connectivity index (χ4n) is 1.69. The first kappa shape index (κ1) is 13.3. The zero-order valence-corrected chi connectivity index (χ0v) is 12.9. The molecule has 0 bridgehead atoms. The standard InChI is InChI=1S/C10H14Br2Cl2/c1-10(2)8(14)5-7(13)6(3-4-11)9(10)12/h3,7-9H,4-5H2,1-2H3. The van der Waals surface area contributed by atoms with Crippen LogP contribution in [-0.4, -0.2) is 20.9 Å². The van der Waals surface area contributed by atoms with Crippen LogP contribution in [0, 0.1) is 5.41 Å². The van der Waals surface area contributed by atoms with E-state index in [1.165, 1.54) is 5.57 Å². The van der Waals surface area contributed by atoms with E-state index in [1.807, 2.05) is 0 Å². The Morgan fingerprint density at radius 1 is 1.50 bits per heavy atom. The summed E-state index contributed by atoms with van der Waals surface area (Å²) in [7, 11) is 0. The lowest BCUT2D eigenvalue weighted by Gasteiger charge is -2.43. The first-order valence-corrected chi connectivity index (χ1v) is 7.50. The van der Waals surface area contributed by atoms with Gasteiger partial charge >= 0.3 is 0 Å². The maximum atomic E-state index is 6.31. The largest absolute Gasteiger partial charge is 0.122 e. The van der Waals surface area contributed by atoms with Crippen LogP contribution in [0.1, 0.15) is 20.3 Å². The molecular weight excluding hydrogens is 351 g/mol. The second kappa shape index (κ2) is 5.07. The van der Waals surface area contributed by atoms with Crippen molar-refractivity contribution in [3.63, 3.8) is 0 Å². The molecule has 14 heavy (non-hydrogen) atoms. The van der Waals surface area contributed by atoms with Gasteiger partial charge in [-0.2, -0.15) is 0 Å². The van der Waals surface area contributed by atoms with Crippen molar-refractivity contribution in [2.45, 2.75) is 35.8 Å². The van der Waals surface area contributed by atoms with E-state index in [9.17, 15) is 0 Å². The number of halogens is 4. The summed E-state index contributed by atoms with van der Waals surface area (Å²) in [6.45, 7) is 4.35. The molecule has 1 saturated carbocycles. The molecule has 82 valence electrons. The molecule has 0 spiro atoms. The van der Waals surface area contributed by atoms with Crippen molar-refractivity contribution >= 4 is 55.1 Å². The van der Waals surface area contributed by atoms with Gasteiger partial charge in [0.1, 0.15) is 0 Å². The summed E-state index contributed by atoms with van der Waals surface area (Å²) in [5.41, 5.74) is 1.31. The van der Waals surface area contributed by atoms with Gasteiger partial charge in [0, 0.05) is 15.5 Å². The molecule has 0 aromatic heterocycles. The van der Waals surface area contributed by atoms with Gasteiger partial charge in [-0.05, 0) is 17.4 Å². The predicted octanol–water partition coefficient (Wildman–Crippen LogP) is 4.72. The lowest BCUT2D eigenvalue weighted by atomic mass is 9.74. The third-order valence-corrected chi connectivity index (χ3v) is 6.04. The summed E-state index contributed by atoms with van der Waals surface area (Å²) in [5, 5.41) is 1.03. The average molecular weight is 365 g/mol. The molecule has 0 aromatic carbocycles. The van der Waals surface area contributed by atoms with Crippen molar-refractivity contribution < 1.29 is 0 Å². The van der Waals surface area contributed by atoms with E-state index in [1.54, 1.807) is 0 Å². The van der Waals surface area contributed by atoms with Crippen molar-refractivity contribution in [3.8, 4) is 0 Å². The summed E-state index contributed by atoms with van der Waals surface area (Å²) < 4.78 is 0. The Bertz CT molecular complexity index is 238. The van der Waals surface area contributed by atoms with Crippen molar-refractivity contribution in [3.05, 3.63) is 11.6 Å². The monoisotopic (exact) mass is 362 g/mol. The zero-order chi connectivity index (χ0) is 10.9. The lowest BCUT2D eigenvalue weighted by Crippen LogP contribution is -2.43. The van der Waals surface area contributed by atoms with Gasteiger partial charge in [0.05, 0.1) is 5.38 Å². The molecule has 0 amide bonds. The first-order valence-electron chi connectivity index (χ1n) is 4.59. The van der Waals surface area contributed by atoms with Crippen LogP contribution in [0.25, 0.3) is 0 Å². The molecule has 0 nitrogen and oxygen atoms in total. The molecule has 1 fully saturated rings. The molecule has 1 aliphatic rings. The van der Waals surface area contributed by atoms with Crippen LogP contribution in [0.15, 0.2) is 11.6 Å². The van der Waals surface area contributed by atoms with E-state index in [2.05, 4.69) is 51.8 Å². The summed E-state index contributed by atoms with van der Waals surface area (Å²) in [4.78, 5) is 0.270. The van der Waals surface area contributed by atoms with E-state index in [0.717, 1.165) is 11.8 Å². The second-order valence-corrected chi connectivity index (χ2v) is 6.83. The fourth-order valence-corrected chi connectivity index (χ4v) is 3.98. The molecule has 4 heteroatoms. The fraction of sp³-hybridized carbons (Fsp3) is 0.800. The van der Waals surface area contributed by atoms with Crippen LogP contribution in [0.2, 0.25) is 0 Å². The lowest BCUT2D eigenvalue weighted by molar-refractivity contribution is 0.313. The van der Waals surface area contributed by atoms with E-state index in [0.29, 0.717) is 0 Å². The van der Waals surface area contributed by atoms with Crippen molar-refractivity contribution in [2.24, 2.45) is 5.41 Å². The van der Waals surface area contributed by atoms with Gasteiger partial charge in [-0.15, -0.1) is 23.2 Å². The van der Waals surface area contributed by atoms with E-state index >= 15 is 0 Å². The smallest absolute Gasteiger partial charge is 0.0570 e. The summed E-state index contributed by atoms with van der Waals surface area (Å²) in [6, 6.07) is 0. The Balaban J connectivity index is 2.95. The quantitative estimate of drug-likeness (QED) is 0.466. The van der Waals surface area contributed by atoms with Gasteiger partial charge in [-0.1, -0.05) is 51.8 Å². The number of rotatable bonds is 1. The zero-order valence-electron chi connectivity index (χ0n) is 8.24. The molecule has 0 aliphatic heterocycles. The van der Waals surface area contributed by atoms with Crippen molar-refractivity contribution in [1.29, 1.82) is 0 Å². The summed E-state index contributed by atoms with van der Waals surface area (Å²) in [6.07, 6.45) is 2.98. The average Bonchev–Trinajstić information content (AvgIpc) is 2.10. The minimum Gasteiger partial charge on any atom is -0.122 e. The van der Waals surface area contributed by atoms with E-state index in [-0.39, 0.29) is 21.0 Å². The summed E-state index contributed by atoms with van der Waals surface area (Å²) >= 11 is 19.7. The second-order valence-electron chi connectivity index (χ2n) is 4.21. The topological polar surface area (TPSA) is 0 Å². The Hall–Kier alpha value is 1.28. The predicted molar refractivity (Wildman–Crippen MR) is 72.3 cm³/mol. The molecule has 0 aromatic rings. The SMILES string of the molecule is CC1(C)C(Cl)CC(Cl)C(=CCBr)C1Br. The molecular formula is C10H14Br2Cl2. The van der Waals surface area contributed by atoms with Crippen LogP contribution in [0.5, 0.6) is 0 Å². The van der Waals surface area contributed by atoms with Gasteiger partial charge in [-0.25, -0.2) is 0 Å². The van der Waals surface area contributed by atoms with Crippen LogP contribution in [0.4, 0.5) is 0 Å². The highest BCUT2D eigenvalue weighted by molar-refractivity contribution is 9.09. The van der Waals surface area contributed by atoms with E-state index in [4.69, 9.17) is 23.2 Å². The summed E-state index contributed by atoms with van der Waals surface area (Å²) in [5.74, 6) is 0. The maximum Gasteiger partial charge on any atom is 0.0570 e. The Morgan fingerprint density at radius 3 is 2.57 bits per heavy atom. The van der Waals surface area contributed by atoms with Gasteiger partial charge in [0.15, 0.2) is 0 Å². The molecule has 3 atom stereocenters. The molecule has 3 unspecified atom stereocenters. The van der Waals surface area contributed by atoms with Crippen molar-refractivity contribution in [1.82, 2.24) is 0 Å². The third kappa shape index (κ3) is 2.50. The van der Waals surface area contributed by atoms with Gasteiger partial charge in [0.25, 0.3) is 0 Å². The molecule has 0 heterocycles. The van der Waals surface area contributed by atoms with Crippen LogP contribution in [0.3, 0.4) is 0 Å². The van der Waals surface area contributed by atoms with Crippen molar-refractivity contribution in [2.75, 3.05) is 5.33 Å².